The van der Waals surface area contributed by atoms with Crippen LogP contribution in [0.5, 0.6) is 0 Å². The summed E-state index contributed by atoms with van der Waals surface area (Å²) in [5.74, 6) is -0.0608. The van der Waals surface area contributed by atoms with Crippen molar-refractivity contribution in [2.24, 2.45) is 0 Å². The summed E-state index contributed by atoms with van der Waals surface area (Å²) in [4.78, 5) is 0. The van der Waals surface area contributed by atoms with E-state index in [1.54, 1.807) is 6.07 Å². The van der Waals surface area contributed by atoms with Crippen molar-refractivity contribution in [1.29, 1.82) is 5.26 Å². The Kier molecular flexibility index (Phi) is 2.92. The fourth-order valence-electron chi connectivity index (χ4n) is 1.81. The van der Waals surface area contributed by atoms with Crippen molar-refractivity contribution in [2.45, 2.75) is 31.4 Å². The highest BCUT2D eigenvalue weighted by molar-refractivity contribution is 5.53. The van der Waals surface area contributed by atoms with Crippen molar-refractivity contribution in [3.05, 3.63) is 11.8 Å². The number of fused-ring (bicyclic) bond motifs is 1. The number of nitrogens with zero attached hydrogens (tertiary/aromatic N) is 3. The standard InChI is InChI=1S/C9H8F4N4/c10-7(11)5-1-6(8(12)13)17-9(16-5)4(2-14)3-15-17/h3,5-8,16H,1H2/t5-,6+/m1/s1. The molecule has 2 atom stereocenters. The Balaban J connectivity index is 2.41. The SMILES string of the molecule is N#Cc1cnn2c1N[C@@H](C(F)F)C[C@H]2C(F)F. The third-order valence-corrected chi connectivity index (χ3v) is 2.64. The third-order valence-electron chi connectivity index (χ3n) is 2.64. The van der Waals surface area contributed by atoms with Gasteiger partial charge in [-0.1, -0.05) is 0 Å². The van der Waals surface area contributed by atoms with Crippen LogP contribution in [0.15, 0.2) is 6.20 Å². The Hall–Kier alpha value is -1.78. The van der Waals surface area contributed by atoms with Gasteiger partial charge in [-0.25, -0.2) is 22.2 Å². The van der Waals surface area contributed by atoms with Crippen LogP contribution in [0.2, 0.25) is 0 Å². The van der Waals surface area contributed by atoms with Crippen LogP contribution in [0.4, 0.5) is 23.4 Å². The monoisotopic (exact) mass is 248 g/mol. The van der Waals surface area contributed by atoms with Crippen molar-refractivity contribution >= 4 is 5.82 Å². The number of aromatic nitrogens is 2. The average molecular weight is 248 g/mol. The van der Waals surface area contributed by atoms with Gasteiger partial charge in [0.15, 0.2) is 0 Å². The molecule has 92 valence electrons. The van der Waals surface area contributed by atoms with E-state index >= 15 is 0 Å². The first-order valence-corrected chi connectivity index (χ1v) is 4.85. The van der Waals surface area contributed by atoms with E-state index in [9.17, 15) is 17.6 Å². The smallest absolute Gasteiger partial charge is 0.260 e. The van der Waals surface area contributed by atoms with Gasteiger partial charge in [0, 0.05) is 6.42 Å². The van der Waals surface area contributed by atoms with E-state index in [1.807, 2.05) is 0 Å². The van der Waals surface area contributed by atoms with Crippen LogP contribution in [0.25, 0.3) is 0 Å². The van der Waals surface area contributed by atoms with E-state index in [-0.39, 0.29) is 11.4 Å². The predicted molar refractivity (Wildman–Crippen MR) is 50.0 cm³/mol. The van der Waals surface area contributed by atoms with Gasteiger partial charge in [-0.15, -0.1) is 0 Å². The summed E-state index contributed by atoms with van der Waals surface area (Å²) in [5, 5.41) is 14.7. The van der Waals surface area contributed by atoms with Crippen molar-refractivity contribution in [2.75, 3.05) is 5.32 Å². The van der Waals surface area contributed by atoms with Crippen LogP contribution < -0.4 is 5.32 Å². The van der Waals surface area contributed by atoms with Crippen LogP contribution in [-0.2, 0) is 0 Å². The number of nitrogens with one attached hydrogen (secondary N) is 1. The number of rotatable bonds is 2. The Morgan fingerprint density at radius 3 is 2.65 bits per heavy atom. The Bertz CT molecular complexity index is 450. The zero-order chi connectivity index (χ0) is 12.6. The summed E-state index contributed by atoms with van der Waals surface area (Å²) < 4.78 is 51.5. The van der Waals surface area contributed by atoms with Crippen molar-refractivity contribution < 1.29 is 17.6 Å². The lowest BCUT2D eigenvalue weighted by Gasteiger charge is -2.31. The van der Waals surface area contributed by atoms with Gasteiger partial charge >= 0.3 is 0 Å². The highest BCUT2D eigenvalue weighted by Gasteiger charge is 2.38. The minimum absolute atomic E-state index is 0.0130. The molecular formula is C9H8F4N4. The topological polar surface area (TPSA) is 53.6 Å². The number of alkyl halides is 4. The zero-order valence-electron chi connectivity index (χ0n) is 8.45. The van der Waals surface area contributed by atoms with Gasteiger partial charge in [0.1, 0.15) is 23.5 Å². The molecule has 0 bridgehead atoms. The molecule has 2 rings (SSSR count). The molecule has 1 aromatic heterocycles. The highest BCUT2D eigenvalue weighted by Crippen LogP contribution is 2.34. The average Bonchev–Trinajstić information content (AvgIpc) is 2.69. The molecule has 2 heterocycles. The Morgan fingerprint density at radius 1 is 1.41 bits per heavy atom. The number of anilines is 1. The summed E-state index contributed by atoms with van der Waals surface area (Å²) in [5.41, 5.74) is -0.0130. The fraction of sp³-hybridized carbons (Fsp3) is 0.556. The molecule has 8 heteroatoms. The predicted octanol–water partition coefficient (Wildman–Crippen LogP) is 2.01. The minimum atomic E-state index is -2.80. The van der Waals surface area contributed by atoms with Crippen LogP contribution in [0.1, 0.15) is 18.0 Å². The maximum absolute atomic E-state index is 12.7. The molecule has 0 aromatic carbocycles. The molecule has 1 N–H and O–H groups in total. The second kappa shape index (κ2) is 4.24. The lowest BCUT2D eigenvalue weighted by Crippen LogP contribution is -2.39. The second-order valence-corrected chi connectivity index (χ2v) is 3.69. The van der Waals surface area contributed by atoms with E-state index in [4.69, 9.17) is 5.26 Å². The molecule has 0 spiro atoms. The van der Waals surface area contributed by atoms with Gasteiger partial charge in [0.2, 0.25) is 0 Å². The van der Waals surface area contributed by atoms with Gasteiger partial charge in [-0.3, -0.25) is 0 Å². The fourth-order valence-corrected chi connectivity index (χ4v) is 1.81. The van der Waals surface area contributed by atoms with Crippen molar-refractivity contribution in [3.63, 3.8) is 0 Å². The first-order valence-electron chi connectivity index (χ1n) is 4.85. The van der Waals surface area contributed by atoms with E-state index in [1.165, 1.54) is 0 Å². The van der Waals surface area contributed by atoms with Gasteiger partial charge in [0.05, 0.1) is 12.2 Å². The molecule has 1 aliphatic rings. The van der Waals surface area contributed by atoms with Gasteiger partial charge in [-0.2, -0.15) is 10.4 Å². The first-order chi connectivity index (χ1) is 8.04. The highest BCUT2D eigenvalue weighted by atomic mass is 19.3. The minimum Gasteiger partial charge on any atom is -0.361 e. The summed E-state index contributed by atoms with van der Waals surface area (Å²) in [6, 6.07) is -1.09. The second-order valence-electron chi connectivity index (χ2n) is 3.69. The van der Waals surface area contributed by atoms with E-state index in [0.29, 0.717) is 0 Å². The quantitative estimate of drug-likeness (QED) is 0.814. The Morgan fingerprint density at radius 2 is 2.12 bits per heavy atom. The van der Waals surface area contributed by atoms with Crippen molar-refractivity contribution in [3.8, 4) is 6.07 Å². The summed E-state index contributed by atoms with van der Waals surface area (Å²) in [7, 11) is 0. The van der Waals surface area contributed by atoms with E-state index < -0.39 is 31.4 Å². The summed E-state index contributed by atoms with van der Waals surface area (Å²) in [6.45, 7) is 0. The zero-order valence-corrected chi connectivity index (χ0v) is 8.45. The molecule has 0 radical (unpaired) electrons. The van der Waals surface area contributed by atoms with Gasteiger partial charge in [0.25, 0.3) is 12.9 Å². The first kappa shape index (κ1) is 11.7. The molecule has 4 nitrogen and oxygen atoms in total. The van der Waals surface area contributed by atoms with Crippen LogP contribution >= 0.6 is 0 Å². The number of nitriles is 1. The molecule has 0 unspecified atom stereocenters. The molecule has 0 saturated carbocycles. The molecule has 0 aliphatic carbocycles. The number of halogens is 4. The van der Waals surface area contributed by atoms with Crippen LogP contribution in [-0.4, -0.2) is 28.7 Å². The maximum Gasteiger partial charge on any atom is 0.260 e. The van der Waals surface area contributed by atoms with Gasteiger partial charge in [-0.05, 0) is 0 Å². The lowest BCUT2D eigenvalue weighted by molar-refractivity contribution is 0.0421. The molecule has 0 amide bonds. The van der Waals surface area contributed by atoms with Crippen LogP contribution in [0.3, 0.4) is 0 Å². The summed E-state index contributed by atoms with van der Waals surface area (Å²) in [6.07, 6.45) is -4.91. The summed E-state index contributed by atoms with van der Waals surface area (Å²) >= 11 is 0. The molecule has 1 aliphatic heterocycles. The van der Waals surface area contributed by atoms with E-state index in [0.717, 1.165) is 10.9 Å². The molecular weight excluding hydrogens is 240 g/mol. The molecule has 0 saturated heterocycles. The third kappa shape index (κ3) is 1.92. The lowest BCUT2D eigenvalue weighted by atomic mass is 10.0. The maximum atomic E-state index is 12.7. The molecule has 17 heavy (non-hydrogen) atoms. The van der Waals surface area contributed by atoms with Crippen molar-refractivity contribution in [1.82, 2.24) is 9.78 Å². The number of hydrogen-bond acceptors (Lipinski definition) is 3. The van der Waals surface area contributed by atoms with E-state index in [2.05, 4.69) is 10.4 Å². The van der Waals surface area contributed by atoms with Crippen LogP contribution in [0, 0.1) is 11.3 Å². The Labute approximate surface area is 93.8 Å². The van der Waals surface area contributed by atoms with Gasteiger partial charge < -0.3 is 5.32 Å². The largest absolute Gasteiger partial charge is 0.361 e. The molecule has 1 aromatic rings. The molecule has 0 fully saturated rings. The normalized spacial score (nSPS) is 23.4. The number of hydrogen-bond donors (Lipinski definition) is 1.